The quantitative estimate of drug-likeness (QED) is 0.840. The number of aromatic amines is 1. The summed E-state index contributed by atoms with van der Waals surface area (Å²) in [7, 11) is 0. The molecule has 1 aromatic heterocycles. The van der Waals surface area contributed by atoms with Gasteiger partial charge in [-0.15, -0.1) is 0 Å². The number of aryl methyl sites for hydroxylation is 1. The maximum atomic E-state index is 5.52. The van der Waals surface area contributed by atoms with Crippen molar-refractivity contribution in [1.82, 2.24) is 9.55 Å². The third kappa shape index (κ3) is 2.35. The number of nitrogens with one attached hydrogen (secondary N) is 1. The number of fused-ring (bicyclic) bond motifs is 1. The zero-order valence-electron chi connectivity index (χ0n) is 11.5. The van der Waals surface area contributed by atoms with Crippen LogP contribution in [0, 0.1) is 17.6 Å². The molecule has 3 rings (SSSR count). The standard InChI is InChI=1S/C15H20N2OS/c1-10-3-4-14-13(9-10)16-15(19)17(14)11(2)12-5-7-18-8-6-12/h3-4,9,11-12H,5-8H2,1-2H3,(H,16,19). The van der Waals surface area contributed by atoms with Gasteiger partial charge in [-0.1, -0.05) is 6.07 Å². The molecule has 1 saturated heterocycles. The van der Waals surface area contributed by atoms with Gasteiger partial charge in [0.15, 0.2) is 4.77 Å². The third-order valence-electron chi connectivity index (χ3n) is 4.23. The highest BCUT2D eigenvalue weighted by atomic mass is 32.1. The van der Waals surface area contributed by atoms with E-state index in [2.05, 4.69) is 41.6 Å². The van der Waals surface area contributed by atoms with Gasteiger partial charge in [0.05, 0.1) is 11.0 Å². The highest BCUT2D eigenvalue weighted by Gasteiger charge is 2.23. The first-order chi connectivity index (χ1) is 9.16. The first kappa shape index (κ1) is 12.9. The number of hydrogen-bond donors (Lipinski definition) is 1. The summed E-state index contributed by atoms with van der Waals surface area (Å²) in [5.74, 6) is 0.653. The van der Waals surface area contributed by atoms with Crippen molar-refractivity contribution in [3.63, 3.8) is 0 Å². The Morgan fingerprint density at radius 1 is 1.37 bits per heavy atom. The number of benzene rings is 1. The van der Waals surface area contributed by atoms with Gasteiger partial charge in [-0.25, -0.2) is 0 Å². The van der Waals surface area contributed by atoms with E-state index < -0.39 is 0 Å². The van der Waals surface area contributed by atoms with Gasteiger partial charge in [0.1, 0.15) is 0 Å². The van der Waals surface area contributed by atoms with Crippen LogP contribution in [0.2, 0.25) is 0 Å². The number of H-pyrrole nitrogens is 1. The monoisotopic (exact) mass is 276 g/mol. The minimum atomic E-state index is 0.424. The van der Waals surface area contributed by atoms with Crippen molar-refractivity contribution in [3.8, 4) is 0 Å². The van der Waals surface area contributed by atoms with Gasteiger partial charge in [-0.2, -0.15) is 0 Å². The number of rotatable bonds is 2. The summed E-state index contributed by atoms with van der Waals surface area (Å²) < 4.78 is 8.57. The molecule has 0 aliphatic carbocycles. The lowest BCUT2D eigenvalue weighted by molar-refractivity contribution is 0.0517. The lowest BCUT2D eigenvalue weighted by Gasteiger charge is -2.29. The van der Waals surface area contributed by atoms with Crippen molar-refractivity contribution in [2.24, 2.45) is 5.92 Å². The van der Waals surface area contributed by atoms with Crippen LogP contribution < -0.4 is 0 Å². The van der Waals surface area contributed by atoms with Crippen LogP contribution >= 0.6 is 12.2 Å². The Kier molecular flexibility index (Phi) is 3.46. The molecule has 4 heteroatoms. The second-order valence-corrected chi connectivity index (χ2v) is 5.90. The van der Waals surface area contributed by atoms with Crippen LogP contribution in [0.3, 0.4) is 0 Å². The summed E-state index contributed by atoms with van der Waals surface area (Å²) >= 11 is 5.52. The molecule has 19 heavy (non-hydrogen) atoms. The average molecular weight is 276 g/mol. The van der Waals surface area contributed by atoms with Gasteiger partial charge in [-0.05, 0) is 62.5 Å². The predicted octanol–water partition coefficient (Wildman–Crippen LogP) is 3.99. The van der Waals surface area contributed by atoms with Crippen molar-refractivity contribution in [3.05, 3.63) is 28.5 Å². The molecule has 1 aliphatic rings. The van der Waals surface area contributed by atoms with Crippen LogP contribution in [0.1, 0.15) is 31.4 Å². The minimum absolute atomic E-state index is 0.424. The SMILES string of the molecule is Cc1ccc2c(c1)[nH]c(=S)n2C(C)C1CCOCC1. The molecular weight excluding hydrogens is 256 g/mol. The molecule has 0 radical (unpaired) electrons. The summed E-state index contributed by atoms with van der Waals surface area (Å²) in [4.78, 5) is 3.33. The maximum Gasteiger partial charge on any atom is 0.178 e. The summed E-state index contributed by atoms with van der Waals surface area (Å²) in [6.45, 7) is 6.14. The smallest absolute Gasteiger partial charge is 0.178 e. The van der Waals surface area contributed by atoms with Gasteiger partial charge in [-0.3, -0.25) is 0 Å². The second-order valence-electron chi connectivity index (χ2n) is 5.51. The highest BCUT2D eigenvalue weighted by molar-refractivity contribution is 7.71. The van der Waals surface area contributed by atoms with Crippen molar-refractivity contribution in [2.75, 3.05) is 13.2 Å². The molecule has 3 nitrogen and oxygen atoms in total. The van der Waals surface area contributed by atoms with E-state index in [9.17, 15) is 0 Å². The van der Waals surface area contributed by atoms with Crippen LogP contribution in [0.15, 0.2) is 18.2 Å². The van der Waals surface area contributed by atoms with E-state index in [1.807, 2.05) is 0 Å². The average Bonchev–Trinajstić information content (AvgIpc) is 2.74. The van der Waals surface area contributed by atoms with Crippen molar-refractivity contribution in [1.29, 1.82) is 0 Å². The molecular formula is C15H20N2OS. The molecule has 0 amide bonds. The molecule has 0 saturated carbocycles. The summed E-state index contributed by atoms with van der Waals surface area (Å²) in [5.41, 5.74) is 3.62. The zero-order valence-corrected chi connectivity index (χ0v) is 12.3. The van der Waals surface area contributed by atoms with Crippen LogP contribution in [0.4, 0.5) is 0 Å². The molecule has 0 spiro atoms. The van der Waals surface area contributed by atoms with E-state index in [1.165, 1.54) is 11.1 Å². The number of nitrogens with zero attached hydrogens (tertiary/aromatic N) is 1. The fourth-order valence-corrected chi connectivity index (χ4v) is 3.43. The van der Waals surface area contributed by atoms with E-state index in [-0.39, 0.29) is 0 Å². The van der Waals surface area contributed by atoms with E-state index in [4.69, 9.17) is 17.0 Å². The molecule has 1 aliphatic heterocycles. The lowest BCUT2D eigenvalue weighted by Crippen LogP contribution is -2.24. The van der Waals surface area contributed by atoms with Crippen LogP contribution in [-0.2, 0) is 4.74 Å². The Bertz CT molecular complexity index is 637. The summed E-state index contributed by atoms with van der Waals surface area (Å²) in [6.07, 6.45) is 2.25. The number of ether oxygens (including phenoxy) is 1. The van der Waals surface area contributed by atoms with Gasteiger partial charge >= 0.3 is 0 Å². The Morgan fingerprint density at radius 2 is 2.11 bits per heavy atom. The number of aromatic nitrogens is 2. The first-order valence-electron chi connectivity index (χ1n) is 6.95. The molecule has 1 unspecified atom stereocenters. The molecule has 0 bridgehead atoms. The lowest BCUT2D eigenvalue weighted by atomic mass is 9.92. The molecule has 2 aromatic rings. The van der Waals surface area contributed by atoms with Crippen molar-refractivity contribution in [2.45, 2.75) is 32.7 Å². The predicted molar refractivity (Wildman–Crippen MR) is 80.1 cm³/mol. The minimum Gasteiger partial charge on any atom is -0.381 e. The fourth-order valence-electron chi connectivity index (χ4n) is 3.06. The summed E-state index contributed by atoms with van der Waals surface area (Å²) in [6, 6.07) is 6.91. The van der Waals surface area contributed by atoms with Crippen LogP contribution in [0.5, 0.6) is 0 Å². The maximum absolute atomic E-state index is 5.52. The van der Waals surface area contributed by atoms with Gasteiger partial charge in [0.2, 0.25) is 0 Å². The van der Waals surface area contributed by atoms with E-state index in [1.54, 1.807) is 0 Å². The molecule has 1 atom stereocenters. The highest BCUT2D eigenvalue weighted by Crippen LogP contribution is 2.30. The van der Waals surface area contributed by atoms with Gasteiger partial charge < -0.3 is 14.3 Å². The molecule has 1 aromatic carbocycles. The van der Waals surface area contributed by atoms with Gasteiger partial charge in [0, 0.05) is 19.3 Å². The topological polar surface area (TPSA) is 29.9 Å². The number of hydrogen-bond acceptors (Lipinski definition) is 2. The normalized spacial score (nSPS) is 18.8. The number of imidazole rings is 1. The van der Waals surface area contributed by atoms with Crippen LogP contribution in [0.25, 0.3) is 11.0 Å². The Hall–Kier alpha value is -1.13. The van der Waals surface area contributed by atoms with E-state index >= 15 is 0 Å². The Labute approximate surface area is 118 Å². The first-order valence-corrected chi connectivity index (χ1v) is 7.36. The fraction of sp³-hybridized carbons (Fsp3) is 0.533. The molecule has 1 fully saturated rings. The van der Waals surface area contributed by atoms with Crippen molar-refractivity contribution >= 4 is 23.3 Å². The second kappa shape index (κ2) is 5.10. The van der Waals surface area contributed by atoms with Gasteiger partial charge in [0.25, 0.3) is 0 Å². The third-order valence-corrected chi connectivity index (χ3v) is 4.53. The zero-order chi connectivity index (χ0) is 13.4. The molecule has 102 valence electrons. The summed E-state index contributed by atoms with van der Waals surface area (Å²) in [5, 5.41) is 0. The largest absolute Gasteiger partial charge is 0.381 e. The molecule has 2 heterocycles. The Morgan fingerprint density at radius 3 is 2.84 bits per heavy atom. The van der Waals surface area contributed by atoms with E-state index in [0.717, 1.165) is 36.3 Å². The van der Waals surface area contributed by atoms with Crippen LogP contribution in [-0.4, -0.2) is 22.8 Å². The van der Waals surface area contributed by atoms with Crippen molar-refractivity contribution < 1.29 is 4.74 Å². The Balaban J connectivity index is 2.03. The molecule has 1 N–H and O–H groups in total. The van der Waals surface area contributed by atoms with E-state index in [0.29, 0.717) is 12.0 Å².